The molecule has 0 bridgehead atoms. The van der Waals surface area contributed by atoms with Gasteiger partial charge in [0, 0.05) is 6.92 Å². The highest BCUT2D eigenvalue weighted by atomic mass is 16.5. The van der Waals surface area contributed by atoms with Crippen LogP contribution in [0.5, 0.6) is 0 Å². The molecule has 0 radical (unpaired) electrons. The smallest absolute Gasteiger partial charge is 0.302 e. The highest BCUT2D eigenvalue weighted by Crippen LogP contribution is 2.05. The first-order valence-corrected chi connectivity index (χ1v) is 7.05. The Labute approximate surface area is 106 Å². The topological polar surface area (TPSA) is 26.3 Å². The Bertz CT molecular complexity index is 197. The number of allylic oxidation sites excluding steroid dienone is 2. The molecule has 0 rings (SSSR count). The van der Waals surface area contributed by atoms with Crippen molar-refractivity contribution in [3.05, 3.63) is 12.2 Å². The summed E-state index contributed by atoms with van der Waals surface area (Å²) in [7, 11) is 0. The third-order valence-corrected chi connectivity index (χ3v) is 2.71. The maximum absolute atomic E-state index is 10.5. The lowest BCUT2D eigenvalue weighted by molar-refractivity contribution is -0.141. The molecular weight excluding hydrogens is 212 g/mol. The van der Waals surface area contributed by atoms with Gasteiger partial charge in [0.2, 0.25) is 0 Å². The summed E-state index contributed by atoms with van der Waals surface area (Å²) in [6, 6.07) is 0. The second-order valence-electron chi connectivity index (χ2n) is 4.51. The van der Waals surface area contributed by atoms with Crippen LogP contribution in [0.3, 0.4) is 0 Å². The highest BCUT2D eigenvalue weighted by Gasteiger charge is 1.92. The largest absolute Gasteiger partial charge is 0.466 e. The third-order valence-electron chi connectivity index (χ3n) is 2.71. The molecule has 0 atom stereocenters. The van der Waals surface area contributed by atoms with Gasteiger partial charge in [-0.15, -0.1) is 0 Å². The van der Waals surface area contributed by atoms with E-state index in [0.717, 1.165) is 12.8 Å². The molecule has 0 fully saturated rings. The van der Waals surface area contributed by atoms with E-state index in [1.165, 1.54) is 51.9 Å². The van der Waals surface area contributed by atoms with Crippen molar-refractivity contribution in [2.45, 2.75) is 71.6 Å². The van der Waals surface area contributed by atoms with Crippen LogP contribution in [0.25, 0.3) is 0 Å². The lowest BCUT2D eigenvalue weighted by Crippen LogP contribution is -1.99. The number of esters is 1. The zero-order valence-electron chi connectivity index (χ0n) is 11.5. The summed E-state index contributed by atoms with van der Waals surface area (Å²) < 4.78 is 4.87. The van der Waals surface area contributed by atoms with Crippen molar-refractivity contribution in [2.75, 3.05) is 6.61 Å². The van der Waals surface area contributed by atoms with Crippen LogP contribution in [-0.4, -0.2) is 12.6 Å². The van der Waals surface area contributed by atoms with E-state index in [-0.39, 0.29) is 5.97 Å². The Hall–Kier alpha value is -0.790. The van der Waals surface area contributed by atoms with Gasteiger partial charge in [0.05, 0.1) is 6.61 Å². The van der Waals surface area contributed by atoms with E-state index < -0.39 is 0 Å². The predicted molar refractivity (Wildman–Crippen MR) is 73.0 cm³/mol. The number of carbonyl (C=O) groups excluding carboxylic acids is 1. The van der Waals surface area contributed by atoms with Crippen LogP contribution in [0.2, 0.25) is 0 Å². The summed E-state index contributed by atoms with van der Waals surface area (Å²) in [5.41, 5.74) is 0. The number of rotatable bonds is 11. The molecule has 0 aliphatic heterocycles. The zero-order valence-corrected chi connectivity index (χ0v) is 11.5. The maximum atomic E-state index is 10.5. The van der Waals surface area contributed by atoms with Gasteiger partial charge in [0.25, 0.3) is 0 Å². The fourth-order valence-electron chi connectivity index (χ4n) is 1.68. The molecule has 2 nitrogen and oxygen atoms in total. The standard InChI is InChI=1S/C15H28O2/c1-3-4-5-6-7-8-9-10-11-12-13-14-17-15(2)16/h7-8H,3-6,9-14H2,1-2H3/b8-7+. The van der Waals surface area contributed by atoms with Gasteiger partial charge in [-0.1, -0.05) is 44.8 Å². The van der Waals surface area contributed by atoms with Crippen molar-refractivity contribution in [3.8, 4) is 0 Å². The van der Waals surface area contributed by atoms with Crippen LogP contribution < -0.4 is 0 Å². The molecule has 2 heteroatoms. The van der Waals surface area contributed by atoms with Crippen LogP contribution >= 0.6 is 0 Å². The van der Waals surface area contributed by atoms with Crippen molar-refractivity contribution in [1.29, 1.82) is 0 Å². The molecule has 17 heavy (non-hydrogen) atoms. The van der Waals surface area contributed by atoms with Gasteiger partial charge >= 0.3 is 5.97 Å². The lowest BCUT2D eigenvalue weighted by Gasteiger charge is -2.01. The molecule has 0 aliphatic rings. The van der Waals surface area contributed by atoms with Gasteiger partial charge in [-0.3, -0.25) is 4.79 Å². The molecule has 0 heterocycles. The Balaban J connectivity index is 3.05. The third kappa shape index (κ3) is 15.2. The van der Waals surface area contributed by atoms with Crippen molar-refractivity contribution < 1.29 is 9.53 Å². The Kier molecular flexibility index (Phi) is 12.7. The predicted octanol–water partition coefficient (Wildman–Crippen LogP) is 4.64. The number of carbonyl (C=O) groups is 1. The fourth-order valence-corrected chi connectivity index (χ4v) is 1.68. The van der Waals surface area contributed by atoms with Gasteiger partial charge in [0.1, 0.15) is 0 Å². The summed E-state index contributed by atoms with van der Waals surface area (Å²) in [6.07, 6.45) is 15.7. The Morgan fingerprint density at radius 2 is 1.53 bits per heavy atom. The fraction of sp³-hybridized carbons (Fsp3) is 0.800. The first kappa shape index (κ1) is 16.2. The minimum absolute atomic E-state index is 0.167. The van der Waals surface area contributed by atoms with Crippen molar-refractivity contribution in [2.24, 2.45) is 0 Å². The molecule has 0 saturated carbocycles. The van der Waals surface area contributed by atoms with E-state index in [2.05, 4.69) is 19.1 Å². The average Bonchev–Trinajstić information content (AvgIpc) is 2.30. The van der Waals surface area contributed by atoms with Crippen LogP contribution in [-0.2, 0) is 9.53 Å². The quantitative estimate of drug-likeness (QED) is 0.299. The minimum Gasteiger partial charge on any atom is -0.466 e. The maximum Gasteiger partial charge on any atom is 0.302 e. The zero-order chi connectivity index (χ0) is 12.8. The summed E-state index contributed by atoms with van der Waals surface area (Å²) >= 11 is 0. The number of hydrogen-bond donors (Lipinski definition) is 0. The lowest BCUT2D eigenvalue weighted by atomic mass is 10.1. The van der Waals surface area contributed by atoms with E-state index in [0.29, 0.717) is 6.61 Å². The normalized spacial score (nSPS) is 10.9. The highest BCUT2D eigenvalue weighted by molar-refractivity contribution is 5.65. The summed E-state index contributed by atoms with van der Waals surface area (Å²) in [6.45, 7) is 4.28. The molecule has 0 aliphatic carbocycles. The monoisotopic (exact) mass is 240 g/mol. The molecule has 0 spiro atoms. The molecule has 0 N–H and O–H groups in total. The van der Waals surface area contributed by atoms with Crippen LogP contribution in [0.15, 0.2) is 12.2 Å². The van der Waals surface area contributed by atoms with Crippen molar-refractivity contribution in [1.82, 2.24) is 0 Å². The number of hydrogen-bond acceptors (Lipinski definition) is 2. The van der Waals surface area contributed by atoms with Gasteiger partial charge in [-0.2, -0.15) is 0 Å². The van der Waals surface area contributed by atoms with Gasteiger partial charge in [-0.05, 0) is 32.1 Å². The van der Waals surface area contributed by atoms with Crippen LogP contribution in [0.1, 0.15) is 71.6 Å². The Morgan fingerprint density at radius 3 is 2.12 bits per heavy atom. The molecule has 0 saturated heterocycles. The number of ether oxygens (including phenoxy) is 1. The molecule has 0 aromatic rings. The summed E-state index contributed by atoms with van der Waals surface area (Å²) in [5.74, 6) is -0.167. The van der Waals surface area contributed by atoms with E-state index in [1.807, 2.05) is 0 Å². The average molecular weight is 240 g/mol. The molecule has 0 amide bonds. The first-order valence-electron chi connectivity index (χ1n) is 7.05. The van der Waals surface area contributed by atoms with Gasteiger partial charge in [-0.25, -0.2) is 0 Å². The van der Waals surface area contributed by atoms with Gasteiger partial charge in [0.15, 0.2) is 0 Å². The minimum atomic E-state index is -0.167. The van der Waals surface area contributed by atoms with E-state index >= 15 is 0 Å². The molecular formula is C15H28O2. The van der Waals surface area contributed by atoms with E-state index in [1.54, 1.807) is 0 Å². The van der Waals surface area contributed by atoms with E-state index in [9.17, 15) is 4.79 Å². The summed E-state index contributed by atoms with van der Waals surface area (Å²) in [5, 5.41) is 0. The summed E-state index contributed by atoms with van der Waals surface area (Å²) in [4.78, 5) is 10.5. The molecule has 0 aromatic heterocycles. The SMILES string of the molecule is CCCCC/C=C/CCCCCCOC(C)=O. The van der Waals surface area contributed by atoms with Crippen molar-refractivity contribution >= 4 is 5.97 Å². The molecule has 0 aromatic carbocycles. The van der Waals surface area contributed by atoms with Crippen molar-refractivity contribution in [3.63, 3.8) is 0 Å². The second kappa shape index (κ2) is 13.3. The second-order valence-corrected chi connectivity index (χ2v) is 4.51. The molecule has 0 unspecified atom stereocenters. The van der Waals surface area contributed by atoms with Crippen LogP contribution in [0.4, 0.5) is 0 Å². The van der Waals surface area contributed by atoms with Crippen LogP contribution in [0, 0.1) is 0 Å². The van der Waals surface area contributed by atoms with Gasteiger partial charge < -0.3 is 4.74 Å². The molecule has 100 valence electrons. The Morgan fingerprint density at radius 1 is 0.941 bits per heavy atom. The van der Waals surface area contributed by atoms with E-state index in [4.69, 9.17) is 4.74 Å². The number of unbranched alkanes of at least 4 members (excludes halogenated alkanes) is 7. The first-order chi connectivity index (χ1) is 8.27.